The Labute approximate surface area is 160 Å². The van der Waals surface area contributed by atoms with Crippen molar-refractivity contribution in [1.29, 1.82) is 0 Å². The third-order valence-corrected chi connectivity index (χ3v) is 6.63. The van der Waals surface area contributed by atoms with Crippen molar-refractivity contribution in [3.8, 4) is 0 Å². The molecule has 0 bridgehead atoms. The Morgan fingerprint density at radius 2 is 1.96 bits per heavy atom. The molecule has 0 saturated carbocycles. The van der Waals surface area contributed by atoms with Crippen molar-refractivity contribution in [2.75, 3.05) is 26.3 Å². The van der Waals surface area contributed by atoms with Crippen LogP contribution in [0.3, 0.4) is 0 Å². The summed E-state index contributed by atoms with van der Waals surface area (Å²) >= 11 is 0. The average molecular weight is 402 g/mol. The number of imidazole rings is 1. The Kier molecular flexibility index (Phi) is 4.61. The van der Waals surface area contributed by atoms with Crippen LogP contribution in [-0.4, -0.2) is 59.1 Å². The molecule has 0 spiro atoms. The fraction of sp³-hybridized carbons (Fsp3) is 0.278. The molecule has 1 aromatic carbocycles. The van der Waals surface area contributed by atoms with E-state index in [1.165, 1.54) is 45.9 Å². The fourth-order valence-electron chi connectivity index (χ4n) is 3.24. The highest BCUT2D eigenvalue weighted by atomic mass is 32.2. The summed E-state index contributed by atoms with van der Waals surface area (Å²) < 4.78 is 35.2. The van der Waals surface area contributed by atoms with Gasteiger partial charge in [-0.2, -0.15) is 4.31 Å². The Balaban J connectivity index is 1.86. The van der Waals surface area contributed by atoms with Crippen molar-refractivity contribution in [2.45, 2.75) is 4.90 Å². The molecule has 10 heteroatoms. The van der Waals surface area contributed by atoms with E-state index < -0.39 is 21.4 Å². The number of fused-ring (bicyclic) bond motifs is 1. The van der Waals surface area contributed by atoms with Crippen molar-refractivity contribution in [2.24, 2.45) is 7.05 Å². The van der Waals surface area contributed by atoms with Crippen LogP contribution in [-0.2, 0) is 21.8 Å². The number of ether oxygens (including phenoxy) is 1. The van der Waals surface area contributed by atoms with Crippen LogP contribution in [0.15, 0.2) is 52.8 Å². The van der Waals surface area contributed by atoms with Crippen LogP contribution in [0.2, 0.25) is 0 Å². The fourth-order valence-corrected chi connectivity index (χ4v) is 4.67. The molecule has 1 aliphatic heterocycles. The molecular weight excluding hydrogens is 384 g/mol. The van der Waals surface area contributed by atoms with E-state index in [1.54, 1.807) is 17.7 Å². The standard InChI is InChI=1S/C18H18N4O5S/c1-20-11-15(18(24)21-5-4-19-12-21)17(23)14-10-13(2-3-16(14)20)28(25,26)22-6-8-27-9-7-22/h2-5,10-12H,6-9H2,1H3. The molecule has 4 rings (SSSR count). The van der Waals surface area contributed by atoms with Crippen molar-refractivity contribution in [3.63, 3.8) is 0 Å². The van der Waals surface area contributed by atoms with E-state index >= 15 is 0 Å². The van der Waals surface area contributed by atoms with E-state index in [0.717, 1.165) is 0 Å². The van der Waals surface area contributed by atoms with Gasteiger partial charge in [-0.15, -0.1) is 0 Å². The summed E-state index contributed by atoms with van der Waals surface area (Å²) in [6, 6.07) is 4.40. The molecule has 1 aliphatic rings. The molecular formula is C18H18N4O5S. The SMILES string of the molecule is Cn1cc(C(=O)n2ccnc2)c(=O)c2cc(S(=O)(=O)N3CCOCC3)ccc21. The quantitative estimate of drug-likeness (QED) is 0.630. The van der Waals surface area contributed by atoms with E-state index in [4.69, 9.17) is 4.74 Å². The minimum Gasteiger partial charge on any atom is -0.379 e. The monoisotopic (exact) mass is 402 g/mol. The van der Waals surface area contributed by atoms with Gasteiger partial charge in [-0.1, -0.05) is 0 Å². The maximum Gasteiger partial charge on any atom is 0.268 e. The number of pyridine rings is 1. The highest BCUT2D eigenvalue weighted by Crippen LogP contribution is 2.21. The lowest BCUT2D eigenvalue weighted by Crippen LogP contribution is -2.40. The van der Waals surface area contributed by atoms with Gasteiger partial charge in [0.05, 0.1) is 23.6 Å². The second-order valence-corrected chi connectivity index (χ2v) is 8.39. The normalized spacial score (nSPS) is 15.8. The van der Waals surface area contributed by atoms with Crippen LogP contribution in [0.4, 0.5) is 0 Å². The first-order chi connectivity index (χ1) is 13.4. The molecule has 0 N–H and O–H groups in total. The van der Waals surface area contributed by atoms with Gasteiger partial charge in [0.15, 0.2) is 0 Å². The minimum absolute atomic E-state index is 0.0197. The number of rotatable bonds is 3. The van der Waals surface area contributed by atoms with Crippen LogP contribution in [0.1, 0.15) is 10.4 Å². The van der Waals surface area contributed by atoms with E-state index in [-0.39, 0.29) is 28.9 Å². The van der Waals surface area contributed by atoms with Crippen LogP contribution in [0.5, 0.6) is 0 Å². The van der Waals surface area contributed by atoms with Crippen LogP contribution >= 0.6 is 0 Å². The van der Waals surface area contributed by atoms with Gasteiger partial charge in [0.1, 0.15) is 11.9 Å². The van der Waals surface area contributed by atoms with Gasteiger partial charge in [0, 0.05) is 44.1 Å². The molecule has 0 amide bonds. The summed E-state index contributed by atoms with van der Waals surface area (Å²) in [6.45, 7) is 1.19. The van der Waals surface area contributed by atoms with E-state index in [0.29, 0.717) is 18.7 Å². The first kappa shape index (κ1) is 18.5. The molecule has 9 nitrogen and oxygen atoms in total. The largest absolute Gasteiger partial charge is 0.379 e. The van der Waals surface area contributed by atoms with Gasteiger partial charge >= 0.3 is 0 Å². The maximum atomic E-state index is 13.0. The summed E-state index contributed by atoms with van der Waals surface area (Å²) in [5.74, 6) is -0.526. The Morgan fingerprint density at radius 3 is 2.64 bits per heavy atom. The average Bonchev–Trinajstić information content (AvgIpc) is 3.25. The number of benzene rings is 1. The number of hydrogen-bond acceptors (Lipinski definition) is 6. The van der Waals surface area contributed by atoms with Crippen molar-refractivity contribution in [1.82, 2.24) is 18.4 Å². The van der Waals surface area contributed by atoms with E-state index in [9.17, 15) is 18.0 Å². The van der Waals surface area contributed by atoms with Crippen LogP contribution in [0, 0.1) is 0 Å². The van der Waals surface area contributed by atoms with Crippen molar-refractivity contribution >= 4 is 26.8 Å². The molecule has 0 aliphatic carbocycles. The topological polar surface area (TPSA) is 104 Å². The summed E-state index contributed by atoms with van der Waals surface area (Å²) in [5, 5.41) is 0.169. The van der Waals surface area contributed by atoms with Gasteiger partial charge in [-0.3, -0.25) is 14.2 Å². The zero-order valence-electron chi connectivity index (χ0n) is 15.1. The Bertz CT molecular complexity index is 1210. The van der Waals surface area contributed by atoms with Gasteiger partial charge in [0.25, 0.3) is 5.91 Å². The number of carbonyl (C=O) groups excluding carboxylic acids is 1. The number of carbonyl (C=O) groups is 1. The smallest absolute Gasteiger partial charge is 0.268 e. The molecule has 0 atom stereocenters. The van der Waals surface area contributed by atoms with Crippen molar-refractivity contribution < 1.29 is 17.9 Å². The van der Waals surface area contributed by atoms with Crippen molar-refractivity contribution in [3.05, 3.63) is 58.9 Å². The number of aromatic nitrogens is 3. The number of morpholine rings is 1. The molecule has 2 aromatic heterocycles. The second kappa shape index (κ2) is 6.97. The predicted octanol–water partition coefficient (Wildman–Crippen LogP) is 0.444. The highest BCUT2D eigenvalue weighted by Gasteiger charge is 2.27. The molecule has 28 heavy (non-hydrogen) atoms. The second-order valence-electron chi connectivity index (χ2n) is 6.45. The zero-order valence-corrected chi connectivity index (χ0v) is 15.9. The molecule has 3 aromatic rings. The van der Waals surface area contributed by atoms with Gasteiger partial charge in [0.2, 0.25) is 15.5 Å². The third-order valence-electron chi connectivity index (χ3n) is 4.74. The Morgan fingerprint density at radius 1 is 1.21 bits per heavy atom. The van der Waals surface area contributed by atoms with Crippen LogP contribution < -0.4 is 5.43 Å². The number of nitrogens with zero attached hydrogens (tertiary/aromatic N) is 4. The maximum absolute atomic E-state index is 13.0. The number of sulfonamides is 1. The van der Waals surface area contributed by atoms with E-state index in [2.05, 4.69) is 4.98 Å². The minimum atomic E-state index is -3.75. The third kappa shape index (κ3) is 3.05. The summed E-state index contributed by atoms with van der Waals surface area (Å²) in [4.78, 5) is 29.4. The lowest BCUT2D eigenvalue weighted by Gasteiger charge is -2.26. The molecule has 0 radical (unpaired) electrons. The predicted molar refractivity (Wildman–Crippen MR) is 101 cm³/mol. The zero-order chi connectivity index (χ0) is 19.9. The molecule has 1 saturated heterocycles. The molecule has 3 heterocycles. The van der Waals surface area contributed by atoms with Crippen LogP contribution in [0.25, 0.3) is 10.9 Å². The molecule has 0 unspecified atom stereocenters. The lowest BCUT2D eigenvalue weighted by atomic mass is 10.1. The van der Waals surface area contributed by atoms with Gasteiger partial charge < -0.3 is 9.30 Å². The molecule has 1 fully saturated rings. The summed E-state index contributed by atoms with van der Waals surface area (Å²) in [6.07, 6.45) is 5.65. The number of aryl methyl sites for hydroxylation is 1. The highest BCUT2D eigenvalue weighted by molar-refractivity contribution is 7.89. The van der Waals surface area contributed by atoms with Gasteiger partial charge in [-0.05, 0) is 18.2 Å². The summed E-state index contributed by atoms with van der Waals surface area (Å²) in [7, 11) is -2.06. The lowest BCUT2D eigenvalue weighted by molar-refractivity contribution is 0.0730. The first-order valence-corrected chi connectivity index (χ1v) is 10.1. The number of hydrogen-bond donors (Lipinski definition) is 0. The van der Waals surface area contributed by atoms with E-state index in [1.807, 2.05) is 0 Å². The molecule has 146 valence electrons. The summed E-state index contributed by atoms with van der Waals surface area (Å²) in [5.41, 5.74) is -0.0483. The van der Waals surface area contributed by atoms with Gasteiger partial charge in [-0.25, -0.2) is 13.4 Å². The Hall–Kier alpha value is -2.82. The first-order valence-electron chi connectivity index (χ1n) is 8.63.